The lowest BCUT2D eigenvalue weighted by Crippen LogP contribution is -2.42. The van der Waals surface area contributed by atoms with Crippen LogP contribution in [-0.4, -0.2) is 34.4 Å². The van der Waals surface area contributed by atoms with Crippen molar-refractivity contribution in [2.45, 2.75) is 31.1 Å². The monoisotopic (exact) mass is 367 g/mol. The van der Waals surface area contributed by atoms with Gasteiger partial charge in [-0.25, -0.2) is 4.98 Å². The highest BCUT2D eigenvalue weighted by molar-refractivity contribution is 7.13. The number of hydrogen-bond acceptors (Lipinski definition) is 4. The number of hydrogen-bond donors (Lipinski definition) is 1. The summed E-state index contributed by atoms with van der Waals surface area (Å²) in [5.41, 5.74) is 7.12. The van der Waals surface area contributed by atoms with Gasteiger partial charge in [0.1, 0.15) is 5.69 Å². The summed E-state index contributed by atoms with van der Waals surface area (Å²) in [6.07, 6.45) is -2.55. The van der Waals surface area contributed by atoms with Crippen molar-refractivity contribution >= 4 is 17.2 Å². The minimum atomic E-state index is -4.42. The van der Waals surface area contributed by atoms with Crippen LogP contribution in [0.15, 0.2) is 29.8 Å². The Morgan fingerprint density at radius 2 is 2.16 bits per heavy atom. The van der Waals surface area contributed by atoms with E-state index < -0.39 is 11.7 Å². The fourth-order valence-electron chi connectivity index (χ4n) is 3.65. The number of carbonyl (C=O) groups excluding carboxylic acids is 1. The average molecular weight is 367 g/mol. The Morgan fingerprint density at radius 3 is 2.88 bits per heavy atom. The Labute approximate surface area is 146 Å². The van der Waals surface area contributed by atoms with Gasteiger partial charge < -0.3 is 10.6 Å². The summed E-state index contributed by atoms with van der Waals surface area (Å²) in [5, 5.41) is 0. The predicted molar refractivity (Wildman–Crippen MR) is 88.1 cm³/mol. The molecule has 2 N–H and O–H groups in total. The molecule has 0 radical (unpaired) electrons. The summed E-state index contributed by atoms with van der Waals surface area (Å²) in [5.74, 6) is 0.280. The fraction of sp³-hybridized carbons (Fsp3) is 0.412. The van der Waals surface area contributed by atoms with Crippen molar-refractivity contribution in [1.82, 2.24) is 9.88 Å². The number of likely N-dealkylation sites (tertiary alicyclic amines) is 1. The van der Waals surface area contributed by atoms with Crippen molar-refractivity contribution in [2.75, 3.05) is 6.54 Å². The minimum Gasteiger partial charge on any atom is -0.330 e. The van der Waals surface area contributed by atoms with E-state index in [0.717, 1.165) is 25.0 Å². The lowest BCUT2D eigenvalue weighted by molar-refractivity contribution is -0.137. The first-order valence-electron chi connectivity index (χ1n) is 8.04. The molecule has 4 rings (SSSR count). The zero-order chi connectivity index (χ0) is 17.8. The van der Waals surface area contributed by atoms with Gasteiger partial charge in [0, 0.05) is 18.6 Å². The van der Waals surface area contributed by atoms with Gasteiger partial charge in [0.15, 0.2) is 0 Å². The summed E-state index contributed by atoms with van der Waals surface area (Å²) in [6.45, 7) is 0.391. The van der Waals surface area contributed by atoms with Crippen molar-refractivity contribution < 1.29 is 18.0 Å². The molecule has 4 nitrogen and oxygen atoms in total. The van der Waals surface area contributed by atoms with Gasteiger partial charge >= 0.3 is 6.18 Å². The zero-order valence-corrected chi connectivity index (χ0v) is 14.0. The standard InChI is InChI=1S/C17H16F3N3OS/c18-17(19,20)11-3-1-2-9(4-11)15-14(22-8-25-15)16(24)23-12(7-21)5-10-6-13(10)23/h1-4,8,10,12-13H,5-7,21H2/t10-,12+,13+/m1/s1. The molecule has 1 saturated carbocycles. The zero-order valence-electron chi connectivity index (χ0n) is 13.2. The molecule has 2 aromatic rings. The van der Waals surface area contributed by atoms with Crippen LogP contribution in [0.25, 0.3) is 10.4 Å². The van der Waals surface area contributed by atoms with Crippen LogP contribution in [-0.2, 0) is 6.18 Å². The van der Waals surface area contributed by atoms with E-state index >= 15 is 0 Å². The molecule has 3 atom stereocenters. The summed E-state index contributed by atoms with van der Waals surface area (Å²) in [7, 11) is 0. The molecule has 1 aromatic carbocycles. The number of carbonyl (C=O) groups is 1. The van der Waals surface area contributed by atoms with E-state index in [1.54, 1.807) is 11.0 Å². The molecule has 1 aliphatic heterocycles. The van der Waals surface area contributed by atoms with Crippen molar-refractivity contribution in [3.8, 4) is 10.4 Å². The van der Waals surface area contributed by atoms with Crippen LogP contribution in [0.4, 0.5) is 13.2 Å². The molecule has 0 unspecified atom stereocenters. The van der Waals surface area contributed by atoms with Crippen molar-refractivity contribution in [1.29, 1.82) is 0 Å². The van der Waals surface area contributed by atoms with Gasteiger partial charge in [0.05, 0.1) is 16.0 Å². The fourth-order valence-corrected chi connectivity index (χ4v) is 4.43. The normalized spacial score (nSPS) is 25.1. The Kier molecular flexibility index (Phi) is 3.84. The molecule has 132 valence electrons. The smallest absolute Gasteiger partial charge is 0.330 e. The predicted octanol–water partition coefficient (Wildman–Crippen LogP) is 3.39. The summed E-state index contributed by atoms with van der Waals surface area (Å²) < 4.78 is 38.9. The van der Waals surface area contributed by atoms with Gasteiger partial charge in [0.25, 0.3) is 5.91 Å². The molecule has 8 heteroatoms. The quantitative estimate of drug-likeness (QED) is 0.905. The molecule has 1 aromatic heterocycles. The van der Waals surface area contributed by atoms with E-state index in [9.17, 15) is 18.0 Å². The van der Waals surface area contributed by atoms with Gasteiger partial charge in [0.2, 0.25) is 0 Å². The second-order valence-electron chi connectivity index (χ2n) is 6.51. The van der Waals surface area contributed by atoms with E-state index in [0.29, 0.717) is 22.9 Å². The third-order valence-electron chi connectivity index (χ3n) is 4.94. The maximum atomic E-state index is 13.0. The number of nitrogens with zero attached hydrogens (tertiary/aromatic N) is 2. The van der Waals surface area contributed by atoms with Gasteiger partial charge in [-0.05, 0) is 36.5 Å². The first-order chi connectivity index (χ1) is 11.9. The highest BCUT2D eigenvalue weighted by atomic mass is 32.1. The Morgan fingerprint density at radius 1 is 1.36 bits per heavy atom. The lowest BCUT2D eigenvalue weighted by atomic mass is 10.1. The van der Waals surface area contributed by atoms with E-state index in [4.69, 9.17) is 5.73 Å². The molecular weight excluding hydrogens is 351 g/mol. The molecule has 1 amide bonds. The van der Waals surface area contributed by atoms with Gasteiger partial charge in [-0.3, -0.25) is 4.79 Å². The Hall–Kier alpha value is -1.93. The molecule has 1 saturated heterocycles. The second-order valence-corrected chi connectivity index (χ2v) is 7.36. The first-order valence-corrected chi connectivity index (χ1v) is 8.92. The number of rotatable bonds is 3. The maximum Gasteiger partial charge on any atom is 0.416 e. The Balaban J connectivity index is 1.68. The van der Waals surface area contributed by atoms with Gasteiger partial charge in [-0.15, -0.1) is 11.3 Å². The van der Waals surface area contributed by atoms with E-state index in [1.807, 2.05) is 0 Å². The highest BCUT2D eigenvalue weighted by Gasteiger charge is 2.54. The van der Waals surface area contributed by atoms with Crippen LogP contribution < -0.4 is 5.73 Å². The van der Waals surface area contributed by atoms with Crippen LogP contribution >= 0.6 is 11.3 Å². The van der Waals surface area contributed by atoms with Crippen LogP contribution in [0.2, 0.25) is 0 Å². The number of alkyl halides is 3. The molecule has 2 aliphatic rings. The minimum absolute atomic E-state index is 0.00712. The highest BCUT2D eigenvalue weighted by Crippen LogP contribution is 2.48. The number of fused-ring (bicyclic) bond motifs is 1. The number of benzene rings is 1. The average Bonchev–Trinajstić information content (AvgIpc) is 3.03. The first kappa shape index (κ1) is 16.5. The third kappa shape index (κ3) is 2.83. The number of piperidine rings is 1. The molecule has 1 aliphatic carbocycles. The van der Waals surface area contributed by atoms with Gasteiger partial charge in [-0.1, -0.05) is 12.1 Å². The van der Waals surface area contributed by atoms with Crippen molar-refractivity contribution in [3.05, 3.63) is 41.0 Å². The number of halogens is 3. The summed E-state index contributed by atoms with van der Waals surface area (Å²) >= 11 is 1.18. The second kappa shape index (κ2) is 5.81. The number of thiazole rings is 1. The largest absolute Gasteiger partial charge is 0.416 e. The summed E-state index contributed by atoms with van der Waals surface area (Å²) in [6, 6.07) is 5.20. The summed E-state index contributed by atoms with van der Waals surface area (Å²) in [4.78, 5) is 19.4. The van der Waals surface area contributed by atoms with Crippen LogP contribution in [0.3, 0.4) is 0 Å². The number of amides is 1. The number of aromatic nitrogens is 1. The van der Waals surface area contributed by atoms with Crippen molar-refractivity contribution in [2.24, 2.45) is 11.7 Å². The van der Waals surface area contributed by atoms with E-state index in [-0.39, 0.29) is 23.7 Å². The third-order valence-corrected chi connectivity index (χ3v) is 5.82. The van der Waals surface area contributed by atoms with Crippen molar-refractivity contribution in [3.63, 3.8) is 0 Å². The Bertz CT molecular complexity index is 819. The molecule has 2 fully saturated rings. The molecule has 0 spiro atoms. The molecule has 0 bridgehead atoms. The maximum absolute atomic E-state index is 13.0. The topological polar surface area (TPSA) is 59.2 Å². The van der Waals surface area contributed by atoms with Crippen LogP contribution in [0, 0.1) is 5.92 Å². The van der Waals surface area contributed by atoms with Crippen LogP contribution in [0.5, 0.6) is 0 Å². The van der Waals surface area contributed by atoms with E-state index in [2.05, 4.69) is 4.98 Å². The van der Waals surface area contributed by atoms with Crippen LogP contribution in [0.1, 0.15) is 28.9 Å². The molecule has 25 heavy (non-hydrogen) atoms. The molecular formula is C17H16F3N3OS. The lowest BCUT2D eigenvalue weighted by Gasteiger charge is -2.26. The van der Waals surface area contributed by atoms with Gasteiger partial charge in [-0.2, -0.15) is 13.2 Å². The SMILES string of the molecule is NC[C@@H]1C[C@@H]2C[C@@H]2N1C(=O)c1ncsc1-c1cccc(C(F)(F)F)c1. The molecule has 2 heterocycles. The van der Waals surface area contributed by atoms with E-state index in [1.165, 1.54) is 22.9 Å². The number of nitrogens with two attached hydrogens (primary N) is 1.